The van der Waals surface area contributed by atoms with Crippen LogP contribution >= 0.6 is 0 Å². The van der Waals surface area contributed by atoms with Crippen molar-refractivity contribution in [1.29, 1.82) is 0 Å². The SMILES string of the molecule is CC1COC(C)OC1.Cc1ccc(C)nc1.Cc1ccc(C)nc1.Cc1cccc(C)n1.Cc1ccnc(C)n1.Cc1ccnc(C)n1.Cc1cnc(C)cn1.Cc1cnc(C)cn1.Cc1cnc(C)nc1.Cc1cnc(C)nc1.Cc1cncc(C)n1.Cc1ncnc(C)n1. The lowest BCUT2D eigenvalue weighted by atomic mass is 10.2. The molecule has 1 fully saturated rings. The first-order valence-corrected chi connectivity index (χ1v) is 31.3. The molecule has 0 aliphatic carbocycles. The molecule has 12 heterocycles. The van der Waals surface area contributed by atoms with Crippen LogP contribution < -0.4 is 0 Å². The predicted octanol–water partition coefficient (Wildman–Crippen LogP) is 14.3. The van der Waals surface area contributed by atoms with Gasteiger partial charge in [0.1, 0.15) is 41.3 Å². The van der Waals surface area contributed by atoms with E-state index in [1.807, 2.05) is 239 Å². The molecule has 0 radical (unpaired) electrons. The van der Waals surface area contributed by atoms with Crippen LogP contribution in [-0.2, 0) is 9.47 Å². The van der Waals surface area contributed by atoms with Gasteiger partial charge in [0.25, 0.3) is 0 Å². The summed E-state index contributed by atoms with van der Waals surface area (Å²) in [6, 6.07) is 17.9. The highest BCUT2D eigenvalue weighted by atomic mass is 16.7. The Kier molecular flexibility index (Phi) is 43.3. The van der Waals surface area contributed by atoms with E-state index in [1.165, 1.54) is 17.5 Å². The molecule has 0 bridgehead atoms. The summed E-state index contributed by atoms with van der Waals surface area (Å²) in [6.45, 7) is 48.4. The van der Waals surface area contributed by atoms with Crippen molar-refractivity contribution in [3.05, 3.63) is 273 Å². The number of aryl methyl sites for hydroxylation is 22. The van der Waals surface area contributed by atoms with Gasteiger partial charge in [0.05, 0.1) is 47.4 Å². The minimum absolute atomic E-state index is 0.0196. The van der Waals surface area contributed by atoms with Gasteiger partial charge in [-0.2, -0.15) is 0 Å². The maximum absolute atomic E-state index is 5.17. The summed E-state index contributed by atoms with van der Waals surface area (Å²) in [4.78, 5) is 79.9. The molecule has 0 aromatic carbocycles. The monoisotopic (exact) mass is 1300 g/mol. The molecule has 0 unspecified atom stereocenters. The Hall–Kier alpha value is -10.1. The van der Waals surface area contributed by atoms with Gasteiger partial charge in [-0.25, -0.2) is 54.8 Å². The molecule has 22 heteroatoms. The van der Waals surface area contributed by atoms with Crippen LogP contribution in [0.25, 0.3) is 0 Å². The van der Waals surface area contributed by atoms with Gasteiger partial charge in [0.15, 0.2) is 6.29 Å². The average molecular weight is 1300 g/mol. The van der Waals surface area contributed by atoms with Gasteiger partial charge in [0.2, 0.25) is 0 Å². The number of ether oxygens (including phenoxy) is 2. The van der Waals surface area contributed by atoms with Gasteiger partial charge >= 0.3 is 0 Å². The lowest BCUT2D eigenvalue weighted by Gasteiger charge is -2.24. The Bertz CT molecular complexity index is 2950. The Labute approximate surface area is 571 Å². The van der Waals surface area contributed by atoms with Crippen LogP contribution in [0.3, 0.4) is 0 Å². The van der Waals surface area contributed by atoms with Gasteiger partial charge < -0.3 is 9.47 Å². The lowest BCUT2D eigenvalue weighted by Crippen LogP contribution is -2.27. The van der Waals surface area contributed by atoms with Crippen molar-refractivity contribution in [3.63, 3.8) is 0 Å². The highest BCUT2D eigenvalue weighted by Crippen LogP contribution is 2.08. The second kappa shape index (κ2) is 49.5. The lowest BCUT2D eigenvalue weighted by molar-refractivity contribution is -0.187. The van der Waals surface area contributed by atoms with E-state index in [9.17, 15) is 0 Å². The van der Waals surface area contributed by atoms with Crippen molar-refractivity contribution in [2.24, 2.45) is 5.92 Å². The van der Waals surface area contributed by atoms with Crippen LogP contribution in [-0.4, -0.2) is 119 Å². The molecule has 0 saturated carbocycles. The van der Waals surface area contributed by atoms with Crippen molar-refractivity contribution in [2.45, 2.75) is 172 Å². The zero-order valence-electron chi connectivity index (χ0n) is 61.2. The van der Waals surface area contributed by atoms with Gasteiger partial charge in [-0.1, -0.05) is 25.1 Å². The van der Waals surface area contributed by atoms with Crippen LogP contribution in [0, 0.1) is 158 Å². The molecule has 1 aliphatic heterocycles. The Morgan fingerprint density at radius 2 is 0.562 bits per heavy atom. The predicted molar refractivity (Wildman–Crippen MR) is 382 cm³/mol. The topological polar surface area (TPSA) is 276 Å². The number of rotatable bonds is 0. The molecule has 0 amide bonds. The number of hydrogen-bond acceptors (Lipinski definition) is 22. The molecule has 12 rings (SSSR count). The van der Waals surface area contributed by atoms with Crippen LogP contribution in [0.4, 0.5) is 0 Å². The highest BCUT2D eigenvalue weighted by Gasteiger charge is 2.13. The minimum atomic E-state index is 0.0196. The van der Waals surface area contributed by atoms with E-state index in [0.29, 0.717) is 5.92 Å². The van der Waals surface area contributed by atoms with E-state index in [-0.39, 0.29) is 6.29 Å². The van der Waals surface area contributed by atoms with Gasteiger partial charge in [0, 0.05) is 127 Å². The van der Waals surface area contributed by atoms with Crippen LogP contribution in [0.15, 0.2) is 148 Å². The molecular weight excluding hydrogens is 1200 g/mol. The summed E-state index contributed by atoms with van der Waals surface area (Å²) in [6.07, 6.45) is 26.5. The normalized spacial score (nSPS) is 11.8. The first kappa shape index (κ1) is 84.0. The van der Waals surface area contributed by atoms with E-state index in [4.69, 9.17) is 9.47 Å². The Morgan fingerprint density at radius 3 is 0.771 bits per heavy atom. The first-order chi connectivity index (χ1) is 45.5. The number of pyridine rings is 3. The van der Waals surface area contributed by atoms with Gasteiger partial charge in [-0.15, -0.1) is 0 Å². The quantitative estimate of drug-likeness (QED) is 0.136. The van der Waals surface area contributed by atoms with Crippen LogP contribution in [0.1, 0.15) is 139 Å². The van der Waals surface area contributed by atoms with Crippen molar-refractivity contribution in [1.82, 2.24) is 99.7 Å². The Morgan fingerprint density at radius 1 is 0.250 bits per heavy atom. The second-order valence-corrected chi connectivity index (χ2v) is 22.3. The summed E-state index contributed by atoms with van der Waals surface area (Å²) in [5.74, 6) is 5.46. The maximum Gasteiger partial charge on any atom is 0.154 e. The molecule has 0 atom stereocenters. The summed E-state index contributed by atoms with van der Waals surface area (Å²) in [7, 11) is 0. The van der Waals surface area contributed by atoms with E-state index < -0.39 is 0 Å². The zero-order valence-corrected chi connectivity index (χ0v) is 61.2. The number of aromatic nitrogens is 20. The number of hydrogen-bond donors (Lipinski definition) is 0. The van der Waals surface area contributed by atoms with Crippen molar-refractivity contribution < 1.29 is 9.47 Å². The standard InChI is InChI=1S/3C7H9N.7C6H8N2.C6H12O2.C5H7N3/c2*1-6-3-4-7(2)8-5-6;1-6-4-3-5-7(2)8-6;2*1-5-3-8-6(2)4-7-5;1-5-3-7-4-6(2)8-5;2*1-5-3-7-6(2)8-4-5;2*1-5-3-4-7-6(2)8-5;1-5-3-7-6(2)8-4-5;1-4-6-3-7-5(2)8-4/h3*3-5H,1-2H3;7*3-4H,1-2H3;5-6H,3-4H2,1-2H3;3H,1-2H3. The fraction of sp³-hybridized carbons (Fsp3) is 0.378. The molecule has 0 N–H and O–H groups in total. The summed E-state index contributed by atoms with van der Waals surface area (Å²) < 4.78 is 10.3. The van der Waals surface area contributed by atoms with Crippen LogP contribution in [0.2, 0.25) is 0 Å². The van der Waals surface area contributed by atoms with Gasteiger partial charge in [-0.3, -0.25) is 44.9 Å². The fourth-order valence-electron chi connectivity index (χ4n) is 6.51. The zero-order chi connectivity index (χ0) is 71.8. The van der Waals surface area contributed by atoms with Crippen molar-refractivity contribution in [3.8, 4) is 0 Å². The molecule has 22 nitrogen and oxygen atoms in total. The maximum atomic E-state index is 5.17. The molecule has 510 valence electrons. The third kappa shape index (κ3) is 47.8. The van der Waals surface area contributed by atoms with E-state index >= 15 is 0 Å². The highest BCUT2D eigenvalue weighted by molar-refractivity contribution is 5.12. The molecular formula is C74H102N20O2. The summed E-state index contributed by atoms with van der Waals surface area (Å²) in [5, 5.41) is 0. The molecule has 0 spiro atoms. The van der Waals surface area contributed by atoms with E-state index in [1.54, 1.807) is 49.6 Å². The minimum Gasteiger partial charge on any atom is -0.353 e. The number of nitrogens with zero attached hydrogens (tertiary/aromatic N) is 20. The first-order valence-electron chi connectivity index (χ1n) is 31.3. The molecule has 1 saturated heterocycles. The Balaban J connectivity index is 0.000000524. The third-order valence-corrected chi connectivity index (χ3v) is 11.5. The molecule has 1 aliphatic rings. The van der Waals surface area contributed by atoms with Crippen LogP contribution in [0.5, 0.6) is 0 Å². The average Bonchev–Trinajstić information content (AvgIpc) is 3.65. The molecule has 96 heavy (non-hydrogen) atoms. The largest absolute Gasteiger partial charge is 0.353 e. The fourth-order valence-corrected chi connectivity index (χ4v) is 6.51. The van der Waals surface area contributed by atoms with Gasteiger partial charge in [-0.05, 0) is 218 Å². The van der Waals surface area contributed by atoms with E-state index in [0.717, 1.165) is 128 Å². The van der Waals surface area contributed by atoms with E-state index in [2.05, 4.69) is 119 Å². The summed E-state index contributed by atoms with van der Waals surface area (Å²) in [5.41, 5.74) is 16.9. The smallest absolute Gasteiger partial charge is 0.154 e. The third-order valence-electron chi connectivity index (χ3n) is 11.5. The molecule has 11 aromatic heterocycles. The second-order valence-electron chi connectivity index (χ2n) is 22.3. The summed E-state index contributed by atoms with van der Waals surface area (Å²) >= 11 is 0. The molecule has 11 aromatic rings. The van der Waals surface area contributed by atoms with Crippen molar-refractivity contribution in [2.75, 3.05) is 13.2 Å². The van der Waals surface area contributed by atoms with Crippen molar-refractivity contribution >= 4 is 0 Å².